The molecular formula is C14H11ClF3NO. The second-order valence-corrected chi connectivity index (χ2v) is 4.38. The Hall–Kier alpha value is -1.88. The lowest BCUT2D eigenvalue weighted by Crippen LogP contribution is -2.10. The summed E-state index contributed by atoms with van der Waals surface area (Å²) >= 11 is 5.76. The zero-order valence-corrected chi connectivity index (χ0v) is 11.0. The highest BCUT2D eigenvalue weighted by Gasteiger charge is 2.31. The van der Waals surface area contributed by atoms with Crippen LogP contribution in [0.25, 0.3) is 0 Å². The molecule has 106 valence electrons. The smallest absolute Gasteiger partial charge is 0.416 e. The maximum atomic E-state index is 12.5. The molecule has 1 N–H and O–H groups in total. The lowest BCUT2D eigenvalue weighted by molar-refractivity contribution is -0.137. The number of halogens is 4. The molecule has 0 aliphatic heterocycles. The molecule has 0 unspecified atom stereocenters. The van der Waals surface area contributed by atoms with Crippen LogP contribution < -0.4 is 10.1 Å². The molecule has 0 aliphatic rings. The van der Waals surface area contributed by atoms with E-state index in [1.807, 2.05) is 30.3 Å². The number of hydrogen-bond donors (Lipinski definition) is 1. The quantitative estimate of drug-likeness (QED) is 0.818. The molecule has 0 saturated carbocycles. The van der Waals surface area contributed by atoms with E-state index in [-0.39, 0.29) is 17.5 Å². The predicted octanol–water partition coefficient (Wildman–Crippen LogP) is 4.81. The van der Waals surface area contributed by atoms with Crippen LogP contribution >= 0.6 is 11.6 Å². The van der Waals surface area contributed by atoms with Gasteiger partial charge in [-0.1, -0.05) is 29.8 Å². The van der Waals surface area contributed by atoms with Gasteiger partial charge in [-0.25, -0.2) is 0 Å². The number of anilines is 1. The van der Waals surface area contributed by atoms with Crippen molar-refractivity contribution in [2.75, 3.05) is 12.0 Å². The molecule has 0 spiro atoms. The van der Waals surface area contributed by atoms with Gasteiger partial charge in [0.05, 0.1) is 10.6 Å². The van der Waals surface area contributed by atoms with Crippen molar-refractivity contribution in [3.05, 3.63) is 59.1 Å². The van der Waals surface area contributed by atoms with Gasteiger partial charge in [-0.3, -0.25) is 0 Å². The topological polar surface area (TPSA) is 21.3 Å². The summed E-state index contributed by atoms with van der Waals surface area (Å²) in [5.74, 6) is 0.197. The van der Waals surface area contributed by atoms with Gasteiger partial charge in [0.25, 0.3) is 0 Å². The molecule has 2 aromatic rings. The molecule has 6 heteroatoms. The lowest BCUT2D eigenvalue weighted by Gasteiger charge is -2.12. The Morgan fingerprint density at radius 3 is 2.35 bits per heavy atom. The van der Waals surface area contributed by atoms with Crippen molar-refractivity contribution in [1.29, 1.82) is 0 Å². The molecule has 0 bridgehead atoms. The third-order valence-electron chi connectivity index (χ3n) is 2.54. The fourth-order valence-corrected chi connectivity index (χ4v) is 1.78. The molecule has 2 rings (SSSR count). The molecule has 2 aromatic carbocycles. The van der Waals surface area contributed by atoms with Crippen LogP contribution in [0.2, 0.25) is 5.02 Å². The van der Waals surface area contributed by atoms with Gasteiger partial charge in [0.15, 0.2) is 6.73 Å². The first-order chi connectivity index (χ1) is 9.47. The van der Waals surface area contributed by atoms with E-state index in [1.54, 1.807) is 0 Å². The van der Waals surface area contributed by atoms with E-state index in [9.17, 15) is 13.2 Å². The van der Waals surface area contributed by atoms with Crippen LogP contribution in [0, 0.1) is 0 Å². The zero-order chi connectivity index (χ0) is 14.6. The van der Waals surface area contributed by atoms with E-state index in [0.717, 1.165) is 17.8 Å². The highest BCUT2D eigenvalue weighted by molar-refractivity contribution is 6.32. The molecular weight excluding hydrogens is 291 g/mol. The van der Waals surface area contributed by atoms with E-state index in [0.29, 0.717) is 0 Å². The summed E-state index contributed by atoms with van der Waals surface area (Å²) < 4.78 is 42.7. The number of benzene rings is 2. The van der Waals surface area contributed by atoms with E-state index >= 15 is 0 Å². The van der Waals surface area contributed by atoms with E-state index in [4.69, 9.17) is 16.3 Å². The molecule has 0 saturated heterocycles. The number of alkyl halides is 3. The molecule has 0 heterocycles. The Balaban J connectivity index is 1.97. The normalized spacial score (nSPS) is 11.2. The highest BCUT2D eigenvalue weighted by atomic mass is 35.5. The second kappa shape index (κ2) is 6.05. The van der Waals surface area contributed by atoms with E-state index < -0.39 is 11.7 Å². The number of hydrogen-bond acceptors (Lipinski definition) is 2. The van der Waals surface area contributed by atoms with Crippen molar-refractivity contribution < 1.29 is 17.9 Å². The fraction of sp³-hybridized carbons (Fsp3) is 0.143. The van der Waals surface area contributed by atoms with Gasteiger partial charge < -0.3 is 10.1 Å². The van der Waals surface area contributed by atoms with Crippen molar-refractivity contribution >= 4 is 17.3 Å². The molecule has 0 radical (unpaired) electrons. The first-order valence-electron chi connectivity index (χ1n) is 5.75. The summed E-state index contributed by atoms with van der Waals surface area (Å²) in [6.45, 7) is 0.106. The highest BCUT2D eigenvalue weighted by Crippen LogP contribution is 2.34. The molecule has 0 aromatic heterocycles. The van der Waals surface area contributed by atoms with Gasteiger partial charge >= 0.3 is 6.18 Å². The van der Waals surface area contributed by atoms with Crippen LogP contribution in [0.4, 0.5) is 18.9 Å². The number of para-hydroxylation sites is 1. The summed E-state index contributed by atoms with van der Waals surface area (Å²) in [6.07, 6.45) is -4.41. The van der Waals surface area contributed by atoms with Crippen molar-refractivity contribution in [2.24, 2.45) is 0 Å². The molecule has 0 amide bonds. The summed E-state index contributed by atoms with van der Waals surface area (Å²) in [4.78, 5) is 0. The number of rotatable bonds is 4. The van der Waals surface area contributed by atoms with Crippen LogP contribution in [0.1, 0.15) is 5.56 Å². The standard InChI is InChI=1S/C14H11ClF3NO/c15-12-8-10(14(16,17)18)6-7-13(12)20-9-19-11-4-2-1-3-5-11/h1-8,19H,9H2. The summed E-state index contributed by atoms with van der Waals surface area (Å²) in [6, 6.07) is 12.3. The minimum Gasteiger partial charge on any atom is -0.472 e. The van der Waals surface area contributed by atoms with Crippen molar-refractivity contribution in [3.63, 3.8) is 0 Å². The molecule has 0 fully saturated rings. The first-order valence-corrected chi connectivity index (χ1v) is 6.13. The minimum absolute atomic E-state index is 0.0744. The SMILES string of the molecule is FC(F)(F)c1ccc(OCNc2ccccc2)c(Cl)c1. The molecule has 20 heavy (non-hydrogen) atoms. The van der Waals surface area contributed by atoms with Gasteiger partial charge in [0.2, 0.25) is 0 Å². The van der Waals surface area contributed by atoms with E-state index in [2.05, 4.69) is 5.32 Å². The lowest BCUT2D eigenvalue weighted by atomic mass is 10.2. The summed E-state index contributed by atoms with van der Waals surface area (Å²) in [5.41, 5.74) is 0.0430. The maximum Gasteiger partial charge on any atom is 0.416 e. The van der Waals surface area contributed by atoms with Crippen LogP contribution in [-0.2, 0) is 6.18 Å². The Morgan fingerprint density at radius 1 is 1.05 bits per heavy atom. The number of nitrogens with one attached hydrogen (secondary N) is 1. The van der Waals surface area contributed by atoms with E-state index in [1.165, 1.54) is 6.07 Å². The third-order valence-corrected chi connectivity index (χ3v) is 2.83. The largest absolute Gasteiger partial charge is 0.472 e. The van der Waals surface area contributed by atoms with Gasteiger partial charge in [0, 0.05) is 5.69 Å². The molecule has 0 atom stereocenters. The van der Waals surface area contributed by atoms with Gasteiger partial charge in [-0.15, -0.1) is 0 Å². The van der Waals surface area contributed by atoms with Gasteiger partial charge in [0.1, 0.15) is 5.75 Å². The van der Waals surface area contributed by atoms with Gasteiger partial charge in [-0.05, 0) is 30.3 Å². The Morgan fingerprint density at radius 2 is 1.75 bits per heavy atom. The Kier molecular flexibility index (Phi) is 4.39. The average Bonchev–Trinajstić information content (AvgIpc) is 2.40. The van der Waals surface area contributed by atoms with Crippen LogP contribution in [0.5, 0.6) is 5.75 Å². The Labute approximate surface area is 119 Å². The number of ether oxygens (including phenoxy) is 1. The third kappa shape index (κ3) is 3.81. The summed E-state index contributed by atoms with van der Waals surface area (Å²) in [5, 5.41) is 2.89. The predicted molar refractivity (Wildman–Crippen MR) is 72.0 cm³/mol. The summed E-state index contributed by atoms with van der Waals surface area (Å²) in [7, 11) is 0. The molecule has 0 aliphatic carbocycles. The van der Waals surface area contributed by atoms with Crippen LogP contribution in [0.15, 0.2) is 48.5 Å². The molecule has 2 nitrogen and oxygen atoms in total. The monoisotopic (exact) mass is 301 g/mol. The van der Waals surface area contributed by atoms with Crippen molar-refractivity contribution in [3.8, 4) is 5.75 Å². The minimum atomic E-state index is -4.41. The second-order valence-electron chi connectivity index (χ2n) is 3.97. The van der Waals surface area contributed by atoms with Gasteiger partial charge in [-0.2, -0.15) is 13.2 Å². The Bertz CT molecular complexity index is 572. The maximum absolute atomic E-state index is 12.5. The average molecular weight is 302 g/mol. The van der Waals surface area contributed by atoms with Crippen LogP contribution in [0.3, 0.4) is 0 Å². The van der Waals surface area contributed by atoms with Crippen molar-refractivity contribution in [2.45, 2.75) is 6.18 Å². The van der Waals surface area contributed by atoms with Crippen LogP contribution in [-0.4, -0.2) is 6.73 Å². The first kappa shape index (κ1) is 14.5. The zero-order valence-electron chi connectivity index (χ0n) is 10.2. The fourth-order valence-electron chi connectivity index (χ4n) is 1.55. The van der Waals surface area contributed by atoms with Crippen molar-refractivity contribution in [1.82, 2.24) is 0 Å².